The second kappa shape index (κ2) is 8.01. The van der Waals surface area contributed by atoms with E-state index in [0.29, 0.717) is 13.2 Å². The number of nitrogens with one attached hydrogen (secondary N) is 1. The third-order valence-corrected chi connectivity index (χ3v) is 6.21. The number of nitrogens with zero attached hydrogens (tertiary/aromatic N) is 2. The highest BCUT2D eigenvalue weighted by molar-refractivity contribution is 6.06. The van der Waals surface area contributed by atoms with Crippen LogP contribution >= 0.6 is 0 Å². The first kappa shape index (κ1) is 18.4. The quantitative estimate of drug-likeness (QED) is 0.737. The molecule has 0 unspecified atom stereocenters. The lowest BCUT2D eigenvalue weighted by atomic mass is 9.96. The molecule has 3 heterocycles. The Hall–Kier alpha value is -2.63. The van der Waals surface area contributed by atoms with Crippen molar-refractivity contribution in [3.8, 4) is 0 Å². The summed E-state index contributed by atoms with van der Waals surface area (Å²) in [4.78, 5) is 21.4. The van der Waals surface area contributed by atoms with Gasteiger partial charge in [-0.05, 0) is 37.6 Å². The van der Waals surface area contributed by atoms with Crippen LogP contribution in [0.5, 0.6) is 0 Å². The molecule has 2 atom stereocenters. The fourth-order valence-electron chi connectivity index (χ4n) is 4.78. The van der Waals surface area contributed by atoms with Gasteiger partial charge in [-0.1, -0.05) is 48.5 Å². The highest BCUT2D eigenvalue weighted by atomic mass is 16.5. The van der Waals surface area contributed by atoms with Crippen LogP contribution in [0.3, 0.4) is 0 Å². The van der Waals surface area contributed by atoms with Gasteiger partial charge in [0.25, 0.3) is 5.91 Å². The van der Waals surface area contributed by atoms with E-state index in [4.69, 9.17) is 4.74 Å². The van der Waals surface area contributed by atoms with Gasteiger partial charge < -0.3 is 19.5 Å². The molecule has 5 rings (SSSR count). The predicted octanol–water partition coefficient (Wildman–Crippen LogP) is 3.85. The highest BCUT2D eigenvalue weighted by Gasteiger charge is 2.38. The Morgan fingerprint density at radius 3 is 2.59 bits per heavy atom. The number of aromatic amines is 1. The molecule has 1 N–H and O–H groups in total. The molecule has 2 saturated heterocycles. The van der Waals surface area contributed by atoms with Crippen LogP contribution in [-0.4, -0.2) is 59.6 Å². The minimum Gasteiger partial charge on any atom is -0.373 e. The average molecular weight is 389 g/mol. The minimum absolute atomic E-state index is 0.0154. The van der Waals surface area contributed by atoms with E-state index in [-0.39, 0.29) is 18.1 Å². The summed E-state index contributed by atoms with van der Waals surface area (Å²) in [5.41, 5.74) is 2.88. The maximum atomic E-state index is 13.7. The maximum absolute atomic E-state index is 13.7. The normalized spacial score (nSPS) is 23.0. The number of likely N-dealkylation sites (tertiary alicyclic amines) is 1. The fourth-order valence-corrected chi connectivity index (χ4v) is 4.78. The molecule has 2 fully saturated rings. The van der Waals surface area contributed by atoms with Crippen molar-refractivity contribution >= 4 is 16.8 Å². The van der Waals surface area contributed by atoms with Gasteiger partial charge in [0.15, 0.2) is 0 Å². The van der Waals surface area contributed by atoms with Gasteiger partial charge in [0, 0.05) is 30.2 Å². The summed E-state index contributed by atoms with van der Waals surface area (Å²) in [5, 5.41) is 0.979. The lowest BCUT2D eigenvalue weighted by molar-refractivity contribution is -0.0706. The standard InChI is InChI=1S/C24H27N3O2/c28-24(20-16-25-21-11-5-4-10-19(20)21)27-14-15-29-22(17-26-12-6-7-13-26)23(27)18-8-2-1-3-9-18/h1-5,8-11,16,22-23,25H,6-7,12-15,17H2/t22-,23-/m0/s1. The van der Waals surface area contributed by atoms with Crippen LogP contribution in [0, 0.1) is 0 Å². The molecule has 150 valence electrons. The van der Waals surface area contributed by atoms with Crippen molar-refractivity contribution in [2.24, 2.45) is 0 Å². The summed E-state index contributed by atoms with van der Waals surface area (Å²) in [6.07, 6.45) is 4.33. The zero-order valence-corrected chi connectivity index (χ0v) is 16.6. The van der Waals surface area contributed by atoms with Crippen molar-refractivity contribution in [2.45, 2.75) is 25.0 Å². The topological polar surface area (TPSA) is 48.6 Å². The fraction of sp³-hybridized carbons (Fsp3) is 0.375. The molecule has 2 aromatic carbocycles. The minimum atomic E-state index is -0.0771. The average Bonchev–Trinajstić information content (AvgIpc) is 3.43. The second-order valence-electron chi connectivity index (χ2n) is 8.02. The Labute approximate surface area is 171 Å². The predicted molar refractivity (Wildman–Crippen MR) is 114 cm³/mol. The molecular weight excluding hydrogens is 362 g/mol. The molecule has 2 aliphatic heterocycles. The van der Waals surface area contributed by atoms with Gasteiger partial charge in [0.1, 0.15) is 0 Å². The van der Waals surface area contributed by atoms with Gasteiger partial charge in [-0.2, -0.15) is 0 Å². The number of amides is 1. The lowest BCUT2D eigenvalue weighted by Gasteiger charge is -2.42. The van der Waals surface area contributed by atoms with Gasteiger partial charge in [0.2, 0.25) is 0 Å². The Morgan fingerprint density at radius 2 is 1.76 bits per heavy atom. The first-order valence-corrected chi connectivity index (χ1v) is 10.6. The van der Waals surface area contributed by atoms with Crippen molar-refractivity contribution in [1.29, 1.82) is 0 Å². The van der Waals surface area contributed by atoms with E-state index in [1.54, 1.807) is 0 Å². The van der Waals surface area contributed by atoms with Gasteiger partial charge in [-0.15, -0.1) is 0 Å². The molecule has 3 aromatic rings. The van der Waals surface area contributed by atoms with E-state index in [0.717, 1.165) is 41.7 Å². The number of carbonyl (C=O) groups is 1. The van der Waals surface area contributed by atoms with Crippen LogP contribution in [0.15, 0.2) is 60.8 Å². The number of benzene rings is 2. The van der Waals surface area contributed by atoms with Crippen molar-refractivity contribution in [2.75, 3.05) is 32.8 Å². The third kappa shape index (κ3) is 3.56. The van der Waals surface area contributed by atoms with E-state index in [9.17, 15) is 4.79 Å². The second-order valence-corrected chi connectivity index (χ2v) is 8.02. The molecule has 5 nitrogen and oxygen atoms in total. The van der Waals surface area contributed by atoms with E-state index in [1.165, 1.54) is 12.8 Å². The Bertz CT molecular complexity index is 978. The number of carbonyl (C=O) groups excluding carboxylic acids is 1. The van der Waals surface area contributed by atoms with Crippen LogP contribution in [-0.2, 0) is 4.74 Å². The number of aromatic nitrogens is 1. The highest BCUT2D eigenvalue weighted by Crippen LogP contribution is 2.33. The molecule has 2 aliphatic rings. The monoisotopic (exact) mass is 389 g/mol. The summed E-state index contributed by atoms with van der Waals surface area (Å²) in [6, 6.07) is 18.3. The van der Waals surface area contributed by atoms with Crippen LogP contribution < -0.4 is 0 Å². The summed E-state index contributed by atoms with van der Waals surface area (Å²) < 4.78 is 6.25. The number of ether oxygens (including phenoxy) is 1. The number of para-hydroxylation sites is 1. The Morgan fingerprint density at radius 1 is 1.00 bits per heavy atom. The zero-order valence-electron chi connectivity index (χ0n) is 16.6. The summed E-state index contributed by atoms with van der Waals surface area (Å²) in [5.74, 6) is 0.0750. The first-order valence-electron chi connectivity index (χ1n) is 10.6. The summed E-state index contributed by atoms with van der Waals surface area (Å²) in [6.45, 7) is 4.30. The molecule has 0 spiro atoms. The van der Waals surface area contributed by atoms with E-state index >= 15 is 0 Å². The van der Waals surface area contributed by atoms with Crippen LogP contribution in [0.2, 0.25) is 0 Å². The van der Waals surface area contributed by atoms with Crippen LogP contribution in [0.4, 0.5) is 0 Å². The Balaban J connectivity index is 1.49. The maximum Gasteiger partial charge on any atom is 0.256 e. The van der Waals surface area contributed by atoms with Crippen LogP contribution in [0.1, 0.15) is 34.8 Å². The summed E-state index contributed by atoms with van der Waals surface area (Å²) >= 11 is 0. The van der Waals surface area contributed by atoms with Crippen molar-refractivity contribution in [1.82, 2.24) is 14.8 Å². The van der Waals surface area contributed by atoms with E-state index in [2.05, 4.69) is 22.0 Å². The van der Waals surface area contributed by atoms with Gasteiger partial charge >= 0.3 is 0 Å². The first-order chi connectivity index (χ1) is 14.3. The molecule has 0 bridgehead atoms. The molecule has 5 heteroatoms. The number of hydrogen-bond donors (Lipinski definition) is 1. The number of rotatable bonds is 4. The number of H-pyrrole nitrogens is 1. The van der Waals surface area contributed by atoms with Gasteiger partial charge in [0.05, 0.1) is 24.3 Å². The number of hydrogen-bond acceptors (Lipinski definition) is 3. The van der Waals surface area contributed by atoms with Gasteiger partial charge in [-0.25, -0.2) is 0 Å². The molecule has 1 aromatic heterocycles. The van der Waals surface area contributed by atoms with E-state index in [1.807, 2.05) is 53.6 Å². The van der Waals surface area contributed by atoms with Crippen molar-refractivity contribution < 1.29 is 9.53 Å². The smallest absolute Gasteiger partial charge is 0.256 e. The molecule has 1 amide bonds. The molecule has 29 heavy (non-hydrogen) atoms. The SMILES string of the molecule is O=C(c1c[nH]c2ccccc12)N1CCO[C@@H](CN2CCCC2)[C@@H]1c1ccccc1. The van der Waals surface area contributed by atoms with Crippen molar-refractivity contribution in [3.05, 3.63) is 71.9 Å². The lowest BCUT2D eigenvalue weighted by Crippen LogP contribution is -2.51. The van der Waals surface area contributed by atoms with Crippen LogP contribution in [0.25, 0.3) is 10.9 Å². The van der Waals surface area contributed by atoms with E-state index < -0.39 is 0 Å². The largest absolute Gasteiger partial charge is 0.373 e. The zero-order chi connectivity index (χ0) is 19.6. The molecule has 0 saturated carbocycles. The summed E-state index contributed by atoms with van der Waals surface area (Å²) in [7, 11) is 0. The Kier molecular flexibility index (Phi) is 5.08. The number of morpholine rings is 1. The third-order valence-electron chi connectivity index (χ3n) is 6.21. The molecule has 0 radical (unpaired) electrons. The van der Waals surface area contributed by atoms with Crippen molar-refractivity contribution in [3.63, 3.8) is 0 Å². The number of fused-ring (bicyclic) bond motifs is 1. The van der Waals surface area contributed by atoms with Gasteiger partial charge in [-0.3, -0.25) is 4.79 Å². The molecular formula is C24H27N3O2. The molecule has 0 aliphatic carbocycles.